The van der Waals surface area contributed by atoms with Crippen LogP contribution in [-0.2, 0) is 4.79 Å². The monoisotopic (exact) mass is 213 g/mol. The van der Waals surface area contributed by atoms with E-state index in [9.17, 15) is 4.79 Å². The third-order valence-corrected chi connectivity index (χ3v) is 1.60. The molecule has 0 saturated carbocycles. The molecule has 5 N–H and O–H groups in total. The lowest BCUT2D eigenvalue weighted by Crippen LogP contribution is -2.31. The summed E-state index contributed by atoms with van der Waals surface area (Å²) in [5, 5.41) is 26.5. The van der Waals surface area contributed by atoms with Gasteiger partial charge in [0.1, 0.15) is 5.84 Å². The lowest BCUT2D eigenvalue weighted by Gasteiger charge is -2.08. The van der Waals surface area contributed by atoms with Crippen LogP contribution in [0, 0.1) is 0 Å². The molecule has 1 heterocycles. The maximum atomic E-state index is 11.2. The van der Waals surface area contributed by atoms with Gasteiger partial charge in [-0.3, -0.25) is 4.79 Å². The Bertz CT molecular complexity index is 346. The molecule has 9 nitrogen and oxygen atoms in total. The Morgan fingerprint density at radius 1 is 1.80 bits per heavy atom. The molecule has 1 aromatic rings. The fraction of sp³-hybridized carbons (Fsp3) is 0.500. The van der Waals surface area contributed by atoms with Gasteiger partial charge in [-0.25, -0.2) is 0 Å². The summed E-state index contributed by atoms with van der Waals surface area (Å²) in [4.78, 5) is 11.2. The van der Waals surface area contributed by atoms with Crippen LogP contribution in [0.1, 0.15) is 25.2 Å². The lowest BCUT2D eigenvalue weighted by molar-refractivity contribution is -0.120. The minimum Gasteiger partial charge on any atom is -0.409 e. The number of nitrogens with two attached hydrogens (primary N) is 1. The van der Waals surface area contributed by atoms with Crippen molar-refractivity contribution >= 4 is 11.7 Å². The van der Waals surface area contributed by atoms with E-state index in [1.54, 1.807) is 6.92 Å². The molecule has 0 aliphatic rings. The van der Waals surface area contributed by atoms with E-state index in [1.807, 2.05) is 0 Å². The SMILES string of the molecule is CC(NC(=O)CC(N)=NO)c1nn[nH]n1. The maximum Gasteiger partial charge on any atom is 0.228 e. The molecular formula is C6H11N7O2. The first-order valence-corrected chi connectivity index (χ1v) is 4.12. The predicted molar refractivity (Wildman–Crippen MR) is 48.8 cm³/mol. The molecule has 0 radical (unpaired) electrons. The molecule has 1 unspecified atom stereocenters. The van der Waals surface area contributed by atoms with Crippen molar-refractivity contribution in [3.63, 3.8) is 0 Å². The topological polar surface area (TPSA) is 142 Å². The van der Waals surface area contributed by atoms with Crippen molar-refractivity contribution in [3.05, 3.63) is 5.82 Å². The molecular weight excluding hydrogens is 202 g/mol. The number of H-pyrrole nitrogens is 1. The van der Waals surface area contributed by atoms with Crippen molar-refractivity contribution in [2.24, 2.45) is 10.9 Å². The fourth-order valence-corrected chi connectivity index (χ4v) is 0.910. The minimum atomic E-state index is -0.386. The van der Waals surface area contributed by atoms with Gasteiger partial charge >= 0.3 is 0 Å². The normalized spacial score (nSPS) is 13.5. The highest BCUT2D eigenvalue weighted by Gasteiger charge is 2.14. The Hall–Kier alpha value is -2.19. The zero-order chi connectivity index (χ0) is 11.3. The van der Waals surface area contributed by atoms with Crippen molar-refractivity contribution in [2.45, 2.75) is 19.4 Å². The maximum absolute atomic E-state index is 11.2. The highest BCUT2D eigenvalue weighted by molar-refractivity contribution is 5.98. The smallest absolute Gasteiger partial charge is 0.228 e. The second kappa shape index (κ2) is 4.88. The quantitative estimate of drug-likeness (QED) is 0.208. The van der Waals surface area contributed by atoms with Crippen LogP contribution < -0.4 is 11.1 Å². The van der Waals surface area contributed by atoms with E-state index >= 15 is 0 Å². The minimum absolute atomic E-state index is 0.159. The Morgan fingerprint density at radius 3 is 3.07 bits per heavy atom. The number of amidine groups is 1. The van der Waals surface area contributed by atoms with E-state index in [2.05, 4.69) is 31.1 Å². The number of nitrogens with zero attached hydrogens (tertiary/aromatic N) is 4. The molecule has 0 aliphatic heterocycles. The molecule has 15 heavy (non-hydrogen) atoms. The Balaban J connectivity index is 2.45. The summed E-state index contributed by atoms with van der Waals surface area (Å²) in [6.45, 7) is 1.69. The molecule has 0 aliphatic carbocycles. The molecule has 0 saturated heterocycles. The second-order valence-corrected chi connectivity index (χ2v) is 2.83. The molecule has 0 spiro atoms. The highest BCUT2D eigenvalue weighted by Crippen LogP contribution is 2.02. The highest BCUT2D eigenvalue weighted by atomic mass is 16.4. The second-order valence-electron chi connectivity index (χ2n) is 2.83. The lowest BCUT2D eigenvalue weighted by atomic mass is 10.3. The Morgan fingerprint density at radius 2 is 2.53 bits per heavy atom. The molecule has 1 amide bonds. The molecule has 82 valence electrons. The Kier molecular flexibility index (Phi) is 3.55. The van der Waals surface area contributed by atoms with Crippen molar-refractivity contribution in [1.29, 1.82) is 0 Å². The number of amides is 1. The zero-order valence-electron chi connectivity index (χ0n) is 8.01. The summed E-state index contributed by atoms with van der Waals surface area (Å²) in [7, 11) is 0. The molecule has 0 aromatic carbocycles. The third-order valence-electron chi connectivity index (χ3n) is 1.60. The number of carbonyl (C=O) groups excluding carboxylic acids is 1. The molecule has 1 atom stereocenters. The van der Waals surface area contributed by atoms with Crippen LogP contribution in [0.3, 0.4) is 0 Å². The number of rotatable bonds is 4. The van der Waals surface area contributed by atoms with E-state index in [0.717, 1.165) is 0 Å². The summed E-state index contributed by atoms with van der Waals surface area (Å²) in [6.07, 6.45) is -0.182. The standard InChI is InChI=1S/C6H11N7O2/c1-3(6-9-12-13-10-6)8-5(14)2-4(7)11-15/h3,15H,2H2,1H3,(H2,7,11)(H,8,14)(H,9,10,12,13). The van der Waals surface area contributed by atoms with Crippen molar-refractivity contribution in [2.75, 3.05) is 0 Å². The number of aromatic amines is 1. The largest absolute Gasteiger partial charge is 0.409 e. The average Bonchev–Trinajstić information content (AvgIpc) is 2.70. The van der Waals surface area contributed by atoms with Crippen LogP contribution in [0.4, 0.5) is 0 Å². The zero-order valence-corrected chi connectivity index (χ0v) is 8.01. The van der Waals surface area contributed by atoms with Crippen LogP contribution in [0.5, 0.6) is 0 Å². The first kappa shape index (κ1) is 10.9. The Labute approximate surface area is 84.7 Å². The van der Waals surface area contributed by atoms with E-state index in [0.29, 0.717) is 5.82 Å². The molecule has 1 rings (SSSR count). The van der Waals surface area contributed by atoms with E-state index < -0.39 is 0 Å². The van der Waals surface area contributed by atoms with E-state index in [4.69, 9.17) is 10.9 Å². The van der Waals surface area contributed by atoms with Gasteiger partial charge in [-0.1, -0.05) is 10.4 Å². The van der Waals surface area contributed by atoms with Crippen LogP contribution in [0.15, 0.2) is 5.16 Å². The molecule has 0 fully saturated rings. The van der Waals surface area contributed by atoms with Crippen LogP contribution >= 0.6 is 0 Å². The van der Waals surface area contributed by atoms with Gasteiger partial charge in [0.2, 0.25) is 5.91 Å². The third kappa shape index (κ3) is 3.21. The summed E-state index contributed by atoms with van der Waals surface area (Å²) >= 11 is 0. The van der Waals surface area contributed by atoms with Gasteiger partial charge in [0.25, 0.3) is 0 Å². The van der Waals surface area contributed by atoms with Gasteiger partial charge in [-0.2, -0.15) is 5.21 Å². The van der Waals surface area contributed by atoms with Crippen LogP contribution in [0.2, 0.25) is 0 Å². The van der Waals surface area contributed by atoms with Gasteiger partial charge in [0, 0.05) is 0 Å². The van der Waals surface area contributed by atoms with Crippen LogP contribution in [0.25, 0.3) is 0 Å². The van der Waals surface area contributed by atoms with E-state index in [-0.39, 0.29) is 24.2 Å². The summed E-state index contributed by atoms with van der Waals surface area (Å²) < 4.78 is 0. The average molecular weight is 213 g/mol. The molecule has 1 aromatic heterocycles. The van der Waals surface area contributed by atoms with Crippen molar-refractivity contribution < 1.29 is 10.0 Å². The summed E-state index contributed by atoms with van der Waals surface area (Å²) in [5.41, 5.74) is 5.16. The van der Waals surface area contributed by atoms with Gasteiger partial charge in [-0.15, -0.1) is 10.2 Å². The van der Waals surface area contributed by atoms with Gasteiger partial charge in [-0.05, 0) is 6.92 Å². The number of aromatic nitrogens is 4. The number of oxime groups is 1. The summed E-state index contributed by atoms with van der Waals surface area (Å²) in [5.74, 6) is -0.182. The number of hydrogen-bond donors (Lipinski definition) is 4. The molecule has 0 bridgehead atoms. The van der Waals surface area contributed by atoms with Gasteiger partial charge < -0.3 is 16.3 Å². The number of tetrazole rings is 1. The first-order chi connectivity index (χ1) is 7.13. The fourth-order valence-electron chi connectivity index (χ4n) is 0.910. The van der Waals surface area contributed by atoms with Gasteiger partial charge in [0.05, 0.1) is 12.5 Å². The predicted octanol–water partition coefficient (Wildman–Crippen LogP) is -1.49. The number of hydrogen-bond acceptors (Lipinski definition) is 6. The van der Waals surface area contributed by atoms with Gasteiger partial charge in [0.15, 0.2) is 5.82 Å². The van der Waals surface area contributed by atoms with Crippen molar-refractivity contribution in [3.8, 4) is 0 Å². The first-order valence-electron chi connectivity index (χ1n) is 4.12. The number of carbonyl (C=O) groups is 1. The van der Waals surface area contributed by atoms with Crippen molar-refractivity contribution in [1.82, 2.24) is 25.9 Å². The molecule has 9 heteroatoms. The number of nitrogens with one attached hydrogen (secondary N) is 2. The summed E-state index contributed by atoms with van der Waals surface area (Å²) in [6, 6.07) is -0.386. The van der Waals surface area contributed by atoms with E-state index in [1.165, 1.54) is 0 Å². The van der Waals surface area contributed by atoms with Crippen LogP contribution in [-0.4, -0.2) is 37.6 Å².